The molecule has 0 unspecified atom stereocenters. The average Bonchev–Trinajstić information content (AvgIpc) is 3.58. The number of fused-ring (bicyclic) bond motifs is 1. The lowest BCUT2D eigenvalue weighted by Gasteiger charge is -2.33. The third kappa shape index (κ3) is 8.81. The van der Waals surface area contributed by atoms with Crippen LogP contribution in [0.5, 0.6) is 5.75 Å². The largest absolute Gasteiger partial charge is 0.494 e. The van der Waals surface area contributed by atoms with Gasteiger partial charge in [0.25, 0.3) is 5.91 Å². The van der Waals surface area contributed by atoms with E-state index in [1.807, 2.05) is 6.92 Å². The number of aromatic nitrogens is 3. The molecule has 3 N–H and O–H groups in total. The number of carbonyl (C=O) groups excluding carboxylic acids is 4. The lowest BCUT2D eigenvalue weighted by atomic mass is 9.96. The summed E-state index contributed by atoms with van der Waals surface area (Å²) in [6, 6.07) is 6.57. The highest BCUT2D eigenvalue weighted by molar-refractivity contribution is 5.98. The summed E-state index contributed by atoms with van der Waals surface area (Å²) in [5.74, 6) is -4.03. The number of anilines is 2. The summed E-state index contributed by atoms with van der Waals surface area (Å²) in [6.07, 6.45) is 5.34. The van der Waals surface area contributed by atoms with Crippen molar-refractivity contribution in [3.05, 3.63) is 71.7 Å². The maximum absolute atomic E-state index is 14.9. The fourth-order valence-electron chi connectivity index (χ4n) is 5.99. The van der Waals surface area contributed by atoms with Gasteiger partial charge in [0, 0.05) is 54.8 Å². The monoisotopic (exact) mass is 735 g/mol. The van der Waals surface area contributed by atoms with Crippen molar-refractivity contribution in [2.45, 2.75) is 58.6 Å². The molecular formula is C37H43F2N7O7. The van der Waals surface area contributed by atoms with E-state index >= 15 is 0 Å². The molecule has 16 heteroatoms. The quantitative estimate of drug-likeness (QED) is 0.178. The Hall–Kier alpha value is -5.80. The van der Waals surface area contributed by atoms with Crippen LogP contribution in [-0.4, -0.2) is 88.6 Å². The van der Waals surface area contributed by atoms with Crippen LogP contribution < -0.4 is 20.7 Å². The van der Waals surface area contributed by atoms with E-state index in [-0.39, 0.29) is 29.7 Å². The topological polar surface area (TPSA) is 165 Å². The molecule has 2 aromatic carbocycles. The van der Waals surface area contributed by atoms with E-state index in [0.717, 1.165) is 0 Å². The van der Waals surface area contributed by atoms with Crippen molar-refractivity contribution in [3.8, 4) is 17.0 Å². The normalized spacial score (nSPS) is 14.0. The molecule has 0 spiro atoms. The van der Waals surface area contributed by atoms with Crippen molar-refractivity contribution in [1.82, 2.24) is 29.9 Å². The molecule has 1 saturated heterocycles. The summed E-state index contributed by atoms with van der Waals surface area (Å²) < 4.78 is 46.2. The number of imidazole rings is 1. The maximum Gasteiger partial charge on any atom is 0.410 e. The third-order valence-electron chi connectivity index (χ3n) is 8.75. The molecule has 14 nitrogen and oxygen atoms in total. The Morgan fingerprint density at radius 2 is 1.75 bits per heavy atom. The lowest BCUT2D eigenvalue weighted by Crippen LogP contribution is -2.51. The van der Waals surface area contributed by atoms with Crippen LogP contribution in [0, 0.1) is 17.6 Å². The van der Waals surface area contributed by atoms with Gasteiger partial charge in [0.15, 0.2) is 23.0 Å². The predicted octanol–water partition coefficient (Wildman–Crippen LogP) is 5.02. The zero-order valence-electron chi connectivity index (χ0n) is 30.4. The van der Waals surface area contributed by atoms with Crippen LogP contribution in [0.25, 0.3) is 16.9 Å². The molecule has 0 saturated carbocycles. The van der Waals surface area contributed by atoms with Crippen LogP contribution in [0.4, 0.5) is 25.1 Å². The Kier molecular flexibility index (Phi) is 11.8. The molecule has 2 aromatic heterocycles. The van der Waals surface area contributed by atoms with Crippen molar-refractivity contribution >= 4 is 41.0 Å². The van der Waals surface area contributed by atoms with Crippen LogP contribution in [0.1, 0.15) is 56.5 Å². The van der Waals surface area contributed by atoms with Gasteiger partial charge in [0.1, 0.15) is 11.6 Å². The van der Waals surface area contributed by atoms with E-state index in [2.05, 4.69) is 25.9 Å². The fourth-order valence-corrected chi connectivity index (χ4v) is 5.99. The van der Waals surface area contributed by atoms with Crippen molar-refractivity contribution in [2.75, 3.05) is 39.2 Å². The highest BCUT2D eigenvalue weighted by Gasteiger charge is 2.31. The fraction of sp³-hybridized carbons (Fsp3) is 0.405. The minimum Gasteiger partial charge on any atom is -0.494 e. The summed E-state index contributed by atoms with van der Waals surface area (Å²) in [5.41, 5.74) is 1.52. The molecule has 1 aliphatic rings. The first kappa shape index (κ1) is 38.4. The van der Waals surface area contributed by atoms with E-state index in [0.29, 0.717) is 66.3 Å². The van der Waals surface area contributed by atoms with Crippen molar-refractivity contribution in [3.63, 3.8) is 0 Å². The number of methoxy groups -OCH3 is 2. The van der Waals surface area contributed by atoms with Crippen molar-refractivity contribution < 1.29 is 42.2 Å². The van der Waals surface area contributed by atoms with Gasteiger partial charge < -0.3 is 35.1 Å². The number of halogens is 2. The standard InChI is InChI=1S/C37H43F2N7O7/c1-7-21-18-23(43-31-32-41-20-27(46(32)17-14-40-31)25-10-11-28(51-5)30(39)29(25)38)8-9-24(21)34(48)44-26(35(49)52-6)19-42-33(47)22-12-15-45(16-13-22)36(50)53-37(2,3)4/h8-11,14,17-18,20,22,26H,7,12-13,15-16,19H2,1-6H3,(H,40,43)(H,42,47)(H,44,48)/t26-/m0/s1. The van der Waals surface area contributed by atoms with Crippen LogP contribution in [0.2, 0.25) is 0 Å². The Morgan fingerprint density at radius 1 is 1.02 bits per heavy atom. The van der Waals surface area contributed by atoms with Gasteiger partial charge in [-0.2, -0.15) is 4.39 Å². The van der Waals surface area contributed by atoms with E-state index in [9.17, 15) is 28.0 Å². The number of rotatable bonds is 11. The Morgan fingerprint density at radius 3 is 2.42 bits per heavy atom. The first-order valence-corrected chi connectivity index (χ1v) is 17.1. The highest BCUT2D eigenvalue weighted by atomic mass is 19.2. The van der Waals surface area contributed by atoms with Crippen LogP contribution in [-0.2, 0) is 25.5 Å². The van der Waals surface area contributed by atoms with E-state index in [4.69, 9.17) is 14.2 Å². The maximum atomic E-state index is 14.9. The van der Waals surface area contributed by atoms with E-state index in [1.54, 1.807) is 54.5 Å². The Bertz CT molecular complexity index is 2010. The number of hydrogen-bond donors (Lipinski definition) is 3. The van der Waals surface area contributed by atoms with Crippen LogP contribution >= 0.6 is 0 Å². The second-order valence-corrected chi connectivity index (χ2v) is 13.4. The number of carbonyl (C=O) groups is 4. The van der Waals surface area contributed by atoms with E-state index in [1.165, 1.54) is 38.7 Å². The SMILES string of the molecule is CCc1cc(Nc2nccn3c(-c4ccc(OC)c(F)c4F)cnc23)ccc1C(=O)N[C@@H](CNC(=O)C1CCN(C(=O)OC(C)(C)C)CC1)C(=O)OC. The summed E-state index contributed by atoms with van der Waals surface area (Å²) in [4.78, 5) is 61.9. The molecule has 0 radical (unpaired) electrons. The van der Waals surface area contributed by atoms with Crippen LogP contribution in [0.3, 0.4) is 0 Å². The molecule has 53 heavy (non-hydrogen) atoms. The van der Waals surface area contributed by atoms with E-state index < -0.39 is 41.2 Å². The predicted molar refractivity (Wildman–Crippen MR) is 191 cm³/mol. The summed E-state index contributed by atoms with van der Waals surface area (Å²) in [6.45, 7) is 7.75. The molecule has 282 valence electrons. The summed E-state index contributed by atoms with van der Waals surface area (Å²) in [7, 11) is 2.44. The molecule has 0 bridgehead atoms. The van der Waals surface area contributed by atoms with Gasteiger partial charge in [0.05, 0.1) is 26.1 Å². The summed E-state index contributed by atoms with van der Waals surface area (Å²) in [5, 5.41) is 8.61. The molecule has 1 atom stereocenters. The number of hydrogen-bond acceptors (Lipinski definition) is 10. The van der Waals surface area contributed by atoms with Gasteiger partial charge in [-0.1, -0.05) is 6.92 Å². The number of benzene rings is 2. The first-order chi connectivity index (χ1) is 25.2. The van der Waals surface area contributed by atoms with Gasteiger partial charge in [-0.25, -0.2) is 23.9 Å². The number of nitrogens with one attached hydrogen (secondary N) is 3. The van der Waals surface area contributed by atoms with Gasteiger partial charge in [0.2, 0.25) is 11.7 Å². The molecule has 1 aliphatic heterocycles. The highest BCUT2D eigenvalue weighted by Crippen LogP contribution is 2.32. The zero-order valence-corrected chi connectivity index (χ0v) is 30.4. The number of amides is 3. The number of esters is 1. The lowest BCUT2D eigenvalue weighted by molar-refractivity contribution is -0.142. The number of ether oxygens (including phenoxy) is 3. The molecule has 1 fully saturated rings. The second kappa shape index (κ2) is 16.3. The van der Waals surface area contributed by atoms with Crippen LogP contribution in [0.15, 0.2) is 48.9 Å². The average molecular weight is 736 g/mol. The number of aryl methyl sites for hydroxylation is 1. The number of likely N-dealkylation sites (tertiary alicyclic amines) is 1. The molecular weight excluding hydrogens is 692 g/mol. The van der Waals surface area contributed by atoms with Gasteiger partial charge in [-0.3, -0.25) is 14.0 Å². The Labute approximate surface area is 305 Å². The smallest absolute Gasteiger partial charge is 0.410 e. The van der Waals surface area contributed by atoms with Crippen molar-refractivity contribution in [2.24, 2.45) is 5.92 Å². The third-order valence-corrected chi connectivity index (χ3v) is 8.75. The first-order valence-electron chi connectivity index (χ1n) is 17.1. The molecule has 3 heterocycles. The molecule has 4 aromatic rings. The minimum absolute atomic E-state index is 0.0120. The van der Waals surface area contributed by atoms with Crippen molar-refractivity contribution in [1.29, 1.82) is 0 Å². The van der Waals surface area contributed by atoms with Gasteiger partial charge >= 0.3 is 12.1 Å². The molecule has 5 rings (SSSR count). The summed E-state index contributed by atoms with van der Waals surface area (Å²) >= 11 is 0. The second-order valence-electron chi connectivity index (χ2n) is 13.4. The zero-order chi connectivity index (χ0) is 38.4. The number of piperidine rings is 1. The minimum atomic E-state index is -1.17. The van der Waals surface area contributed by atoms with Gasteiger partial charge in [-0.15, -0.1) is 0 Å². The van der Waals surface area contributed by atoms with Gasteiger partial charge in [-0.05, 0) is 75.9 Å². The molecule has 0 aliphatic carbocycles. The Balaban J connectivity index is 1.24. The molecule has 3 amide bonds. The number of nitrogens with zero attached hydrogens (tertiary/aromatic N) is 4.